The average Bonchev–Trinajstić information content (AvgIpc) is 2.89. The zero-order chi connectivity index (χ0) is 15.0. The van der Waals surface area contributed by atoms with Gasteiger partial charge >= 0.3 is 0 Å². The Morgan fingerprint density at radius 1 is 1.48 bits per heavy atom. The lowest BCUT2D eigenvalue weighted by Gasteiger charge is -2.25. The predicted molar refractivity (Wildman–Crippen MR) is 79.4 cm³/mol. The highest BCUT2D eigenvalue weighted by Gasteiger charge is 2.36. The maximum atomic E-state index is 12.3. The first-order valence-corrected chi connectivity index (χ1v) is 7.16. The quantitative estimate of drug-likeness (QED) is 0.770. The molecule has 2 atom stereocenters. The lowest BCUT2D eigenvalue weighted by molar-refractivity contribution is -0.122. The Balaban J connectivity index is 1.77. The largest absolute Gasteiger partial charge is 0.479 e. The van der Waals surface area contributed by atoms with Gasteiger partial charge in [-0.25, -0.2) is 0 Å². The molecule has 0 radical (unpaired) electrons. The summed E-state index contributed by atoms with van der Waals surface area (Å²) in [4.78, 5) is 23.9. The molecule has 1 aromatic rings. The van der Waals surface area contributed by atoms with Crippen molar-refractivity contribution in [2.45, 2.75) is 38.3 Å². The minimum atomic E-state index is -0.524. The van der Waals surface area contributed by atoms with E-state index in [1.165, 1.54) is 0 Å². The van der Waals surface area contributed by atoms with Crippen molar-refractivity contribution in [1.29, 1.82) is 0 Å². The van der Waals surface area contributed by atoms with E-state index in [1.54, 1.807) is 25.1 Å². The predicted octanol–water partition coefficient (Wildman–Crippen LogP) is 1.49. The summed E-state index contributed by atoms with van der Waals surface area (Å²) in [6, 6.07) is 5.25. The number of anilines is 2. The Morgan fingerprint density at radius 2 is 2.29 bits per heavy atom. The Bertz CT molecular complexity index is 594. The summed E-state index contributed by atoms with van der Waals surface area (Å²) in [5.41, 5.74) is 0.706. The number of hydrogen-bond acceptors (Lipinski definition) is 4. The third kappa shape index (κ3) is 2.58. The zero-order valence-corrected chi connectivity index (χ0v) is 12.2. The Kier molecular flexibility index (Phi) is 3.33. The average molecular weight is 289 g/mol. The molecular formula is C15H19N3O3. The van der Waals surface area contributed by atoms with Crippen molar-refractivity contribution in [2.24, 2.45) is 0 Å². The molecule has 2 unspecified atom stereocenters. The summed E-state index contributed by atoms with van der Waals surface area (Å²) in [5.74, 6) is 0.372. The molecule has 2 aliphatic heterocycles. The third-order valence-electron chi connectivity index (χ3n) is 4.04. The molecule has 6 heteroatoms. The standard InChI is InChI=1S/C15H19N3O3/c1-9-13(19)18-11-8-10(4-5-12(11)21-9)17-14(20)15(2)6-3-7-16-15/h4-5,8-9,16H,3,6-7H2,1-2H3,(H,17,20)(H,18,19). The number of amides is 2. The molecule has 0 aliphatic carbocycles. The molecule has 2 aliphatic rings. The van der Waals surface area contributed by atoms with Crippen LogP contribution in [0.3, 0.4) is 0 Å². The van der Waals surface area contributed by atoms with Gasteiger partial charge in [-0.05, 0) is 51.4 Å². The lowest BCUT2D eigenvalue weighted by Crippen LogP contribution is -2.48. The van der Waals surface area contributed by atoms with E-state index in [-0.39, 0.29) is 11.8 Å². The number of ether oxygens (including phenoxy) is 1. The normalized spacial score (nSPS) is 27.5. The first kappa shape index (κ1) is 13.9. The summed E-state index contributed by atoms with van der Waals surface area (Å²) in [6.07, 6.45) is 1.32. The highest BCUT2D eigenvalue weighted by atomic mass is 16.5. The van der Waals surface area contributed by atoms with Crippen LogP contribution in [0, 0.1) is 0 Å². The minimum absolute atomic E-state index is 0.0589. The molecule has 6 nitrogen and oxygen atoms in total. The lowest BCUT2D eigenvalue weighted by atomic mass is 9.99. The van der Waals surface area contributed by atoms with Crippen molar-refractivity contribution in [3.63, 3.8) is 0 Å². The molecule has 3 N–H and O–H groups in total. The van der Waals surface area contributed by atoms with E-state index in [1.807, 2.05) is 6.92 Å². The van der Waals surface area contributed by atoms with Crippen LogP contribution in [0.15, 0.2) is 18.2 Å². The molecule has 0 saturated carbocycles. The first-order valence-electron chi connectivity index (χ1n) is 7.16. The second-order valence-electron chi connectivity index (χ2n) is 5.78. The molecule has 21 heavy (non-hydrogen) atoms. The monoisotopic (exact) mass is 289 g/mol. The molecule has 0 aromatic heterocycles. The Labute approximate surface area is 123 Å². The van der Waals surface area contributed by atoms with Gasteiger partial charge in [0.25, 0.3) is 5.91 Å². The third-order valence-corrected chi connectivity index (χ3v) is 4.04. The number of nitrogens with one attached hydrogen (secondary N) is 3. The van der Waals surface area contributed by atoms with Crippen LogP contribution in [0.4, 0.5) is 11.4 Å². The molecule has 1 saturated heterocycles. The highest BCUT2D eigenvalue weighted by molar-refractivity contribution is 6.01. The summed E-state index contributed by atoms with van der Waals surface area (Å²) in [5, 5.41) is 8.89. The SMILES string of the molecule is CC1Oc2ccc(NC(=O)C3(C)CCCN3)cc2NC1=O. The van der Waals surface area contributed by atoms with Crippen molar-refractivity contribution in [3.8, 4) is 5.75 Å². The van der Waals surface area contributed by atoms with Crippen molar-refractivity contribution >= 4 is 23.2 Å². The number of benzene rings is 1. The fraction of sp³-hybridized carbons (Fsp3) is 0.467. The molecule has 0 spiro atoms. The van der Waals surface area contributed by atoms with Gasteiger partial charge < -0.3 is 20.7 Å². The van der Waals surface area contributed by atoms with Crippen molar-refractivity contribution in [3.05, 3.63) is 18.2 Å². The van der Waals surface area contributed by atoms with Crippen molar-refractivity contribution in [2.75, 3.05) is 17.2 Å². The van der Waals surface area contributed by atoms with Gasteiger partial charge in [-0.1, -0.05) is 0 Å². The summed E-state index contributed by atoms with van der Waals surface area (Å²) >= 11 is 0. The number of rotatable bonds is 2. The van der Waals surface area contributed by atoms with E-state index in [0.717, 1.165) is 19.4 Å². The van der Waals surface area contributed by atoms with Gasteiger partial charge in [0.05, 0.1) is 11.2 Å². The van der Waals surface area contributed by atoms with E-state index < -0.39 is 11.6 Å². The molecule has 3 rings (SSSR count). The molecule has 112 valence electrons. The van der Waals surface area contributed by atoms with Crippen molar-refractivity contribution < 1.29 is 14.3 Å². The fourth-order valence-corrected chi connectivity index (χ4v) is 2.64. The van der Waals surface area contributed by atoms with E-state index in [2.05, 4.69) is 16.0 Å². The van der Waals surface area contributed by atoms with Gasteiger partial charge in [-0.15, -0.1) is 0 Å². The highest BCUT2D eigenvalue weighted by Crippen LogP contribution is 2.32. The van der Waals surface area contributed by atoms with Crippen LogP contribution in [-0.2, 0) is 9.59 Å². The van der Waals surface area contributed by atoms with Gasteiger partial charge in [0, 0.05) is 5.69 Å². The number of carbonyl (C=O) groups excluding carboxylic acids is 2. The van der Waals surface area contributed by atoms with Gasteiger partial charge in [0.2, 0.25) is 5.91 Å². The topological polar surface area (TPSA) is 79.5 Å². The maximum absolute atomic E-state index is 12.3. The van der Waals surface area contributed by atoms with Crippen LogP contribution < -0.4 is 20.7 Å². The minimum Gasteiger partial charge on any atom is -0.479 e. The molecule has 2 amide bonds. The van der Waals surface area contributed by atoms with E-state index in [0.29, 0.717) is 17.1 Å². The molecule has 1 aromatic carbocycles. The van der Waals surface area contributed by atoms with Crippen LogP contribution in [0.5, 0.6) is 5.75 Å². The molecule has 2 heterocycles. The van der Waals surface area contributed by atoms with Gasteiger partial charge in [-0.3, -0.25) is 9.59 Å². The summed E-state index contributed by atoms with van der Waals surface area (Å²) in [7, 11) is 0. The van der Waals surface area contributed by atoms with Gasteiger partial charge in [0.15, 0.2) is 6.10 Å². The van der Waals surface area contributed by atoms with E-state index in [4.69, 9.17) is 4.74 Å². The van der Waals surface area contributed by atoms with Crippen molar-refractivity contribution in [1.82, 2.24) is 5.32 Å². The second-order valence-corrected chi connectivity index (χ2v) is 5.78. The second kappa shape index (κ2) is 5.04. The summed E-state index contributed by atoms with van der Waals surface area (Å²) in [6.45, 7) is 4.46. The van der Waals surface area contributed by atoms with Gasteiger partial charge in [-0.2, -0.15) is 0 Å². The fourth-order valence-electron chi connectivity index (χ4n) is 2.64. The van der Waals surface area contributed by atoms with Crippen LogP contribution in [0.1, 0.15) is 26.7 Å². The van der Waals surface area contributed by atoms with Crippen LogP contribution in [-0.4, -0.2) is 30.0 Å². The van der Waals surface area contributed by atoms with Crippen LogP contribution in [0.25, 0.3) is 0 Å². The summed E-state index contributed by atoms with van der Waals surface area (Å²) < 4.78 is 5.49. The first-order chi connectivity index (χ1) is 9.98. The van der Waals surface area contributed by atoms with Crippen LogP contribution >= 0.6 is 0 Å². The Hall–Kier alpha value is -2.08. The number of hydrogen-bond donors (Lipinski definition) is 3. The number of fused-ring (bicyclic) bond motifs is 1. The van der Waals surface area contributed by atoms with Gasteiger partial charge in [0.1, 0.15) is 5.75 Å². The zero-order valence-electron chi connectivity index (χ0n) is 12.2. The molecular weight excluding hydrogens is 270 g/mol. The smallest absolute Gasteiger partial charge is 0.265 e. The van der Waals surface area contributed by atoms with E-state index in [9.17, 15) is 9.59 Å². The Morgan fingerprint density at radius 3 is 3.00 bits per heavy atom. The molecule has 0 bridgehead atoms. The molecule has 1 fully saturated rings. The van der Waals surface area contributed by atoms with E-state index >= 15 is 0 Å². The number of carbonyl (C=O) groups is 2. The maximum Gasteiger partial charge on any atom is 0.265 e. The van der Waals surface area contributed by atoms with Crippen LogP contribution in [0.2, 0.25) is 0 Å².